The van der Waals surface area contributed by atoms with Crippen LogP contribution >= 0.6 is 0 Å². The SMILES string of the molecule is C[C@@H]1Oc2ccccc2[C@]2(O)CC[C@]12C. The first kappa shape index (κ1) is 9.22. The molecule has 1 heterocycles. The molecule has 1 fully saturated rings. The Hall–Kier alpha value is -1.02. The van der Waals surface area contributed by atoms with Gasteiger partial charge in [0.15, 0.2) is 0 Å². The van der Waals surface area contributed by atoms with Crippen LogP contribution in [0.3, 0.4) is 0 Å². The van der Waals surface area contributed by atoms with Gasteiger partial charge in [0, 0.05) is 11.0 Å². The number of hydrogen-bond acceptors (Lipinski definition) is 2. The minimum absolute atomic E-state index is 0.0890. The maximum Gasteiger partial charge on any atom is 0.125 e. The number of ether oxygens (including phenoxy) is 1. The highest BCUT2D eigenvalue weighted by atomic mass is 16.5. The lowest BCUT2D eigenvalue weighted by Crippen LogP contribution is -2.62. The maximum absolute atomic E-state index is 10.7. The van der Waals surface area contributed by atoms with Crippen LogP contribution in [0.2, 0.25) is 0 Å². The molecule has 3 atom stereocenters. The van der Waals surface area contributed by atoms with Gasteiger partial charge in [-0.2, -0.15) is 0 Å². The Morgan fingerprint density at radius 3 is 2.73 bits per heavy atom. The van der Waals surface area contributed by atoms with Crippen LogP contribution in [0, 0.1) is 5.41 Å². The number of aliphatic hydroxyl groups is 1. The largest absolute Gasteiger partial charge is 0.490 e. The lowest BCUT2D eigenvalue weighted by atomic mass is 9.52. The Kier molecular flexibility index (Phi) is 1.57. The van der Waals surface area contributed by atoms with Crippen molar-refractivity contribution in [2.24, 2.45) is 5.41 Å². The van der Waals surface area contributed by atoms with Gasteiger partial charge in [-0.25, -0.2) is 0 Å². The summed E-state index contributed by atoms with van der Waals surface area (Å²) in [5.41, 5.74) is 0.194. The van der Waals surface area contributed by atoms with Crippen LogP contribution in [0.15, 0.2) is 24.3 Å². The van der Waals surface area contributed by atoms with Crippen LogP contribution < -0.4 is 4.74 Å². The quantitative estimate of drug-likeness (QED) is 0.703. The van der Waals surface area contributed by atoms with E-state index in [1.807, 2.05) is 24.3 Å². The summed E-state index contributed by atoms with van der Waals surface area (Å²) in [6.45, 7) is 4.18. The van der Waals surface area contributed by atoms with E-state index in [1.165, 1.54) is 0 Å². The molecule has 0 aromatic heterocycles. The van der Waals surface area contributed by atoms with Crippen LogP contribution in [0.25, 0.3) is 0 Å². The third-order valence-electron chi connectivity index (χ3n) is 4.48. The van der Waals surface area contributed by atoms with Crippen LogP contribution in [-0.2, 0) is 5.60 Å². The minimum atomic E-state index is -0.665. The van der Waals surface area contributed by atoms with Crippen molar-refractivity contribution in [1.29, 1.82) is 0 Å². The first-order valence-electron chi connectivity index (χ1n) is 5.56. The average molecular weight is 204 g/mol. The molecule has 1 aromatic rings. The molecule has 1 saturated carbocycles. The van der Waals surface area contributed by atoms with E-state index in [0.717, 1.165) is 24.2 Å². The van der Waals surface area contributed by atoms with Gasteiger partial charge in [0.25, 0.3) is 0 Å². The van der Waals surface area contributed by atoms with Crippen molar-refractivity contribution in [3.05, 3.63) is 29.8 Å². The summed E-state index contributed by atoms with van der Waals surface area (Å²) in [4.78, 5) is 0. The van der Waals surface area contributed by atoms with Gasteiger partial charge in [-0.15, -0.1) is 0 Å². The summed E-state index contributed by atoms with van der Waals surface area (Å²) in [6.07, 6.45) is 1.99. The molecule has 2 heteroatoms. The third-order valence-corrected chi connectivity index (χ3v) is 4.48. The number of fused-ring (bicyclic) bond motifs is 3. The second kappa shape index (κ2) is 2.56. The molecule has 1 N–H and O–H groups in total. The minimum Gasteiger partial charge on any atom is -0.490 e. The van der Waals surface area contributed by atoms with Gasteiger partial charge >= 0.3 is 0 Å². The van der Waals surface area contributed by atoms with Gasteiger partial charge in [-0.1, -0.05) is 25.1 Å². The van der Waals surface area contributed by atoms with Crippen LogP contribution in [0.4, 0.5) is 0 Å². The van der Waals surface area contributed by atoms with Crippen molar-refractivity contribution in [2.75, 3.05) is 0 Å². The van der Waals surface area contributed by atoms with Gasteiger partial charge < -0.3 is 9.84 Å². The van der Waals surface area contributed by atoms with Gasteiger partial charge in [0.1, 0.15) is 17.5 Å². The molecule has 3 rings (SSSR count). The van der Waals surface area contributed by atoms with Gasteiger partial charge in [-0.05, 0) is 25.8 Å². The predicted molar refractivity (Wildman–Crippen MR) is 57.8 cm³/mol. The zero-order valence-electron chi connectivity index (χ0n) is 9.16. The topological polar surface area (TPSA) is 29.5 Å². The van der Waals surface area contributed by atoms with E-state index in [0.29, 0.717) is 0 Å². The number of hydrogen-bond donors (Lipinski definition) is 1. The fourth-order valence-electron chi connectivity index (χ4n) is 2.97. The fraction of sp³-hybridized carbons (Fsp3) is 0.538. The van der Waals surface area contributed by atoms with Crippen LogP contribution in [0.5, 0.6) is 5.75 Å². The van der Waals surface area contributed by atoms with Crippen LogP contribution in [-0.4, -0.2) is 11.2 Å². The molecular weight excluding hydrogens is 188 g/mol. The summed E-state index contributed by atoms with van der Waals surface area (Å²) < 4.78 is 5.87. The Labute approximate surface area is 89.9 Å². The number of para-hydroxylation sites is 1. The smallest absolute Gasteiger partial charge is 0.125 e. The highest BCUT2D eigenvalue weighted by Gasteiger charge is 2.62. The molecule has 0 bridgehead atoms. The Bertz CT molecular complexity index is 415. The molecule has 0 radical (unpaired) electrons. The molecule has 15 heavy (non-hydrogen) atoms. The van der Waals surface area contributed by atoms with E-state index in [-0.39, 0.29) is 11.5 Å². The second-order valence-corrected chi connectivity index (χ2v) is 5.03. The molecular formula is C13H16O2. The zero-order valence-corrected chi connectivity index (χ0v) is 9.16. The molecule has 1 aliphatic carbocycles. The molecule has 2 nitrogen and oxygen atoms in total. The molecule has 0 spiro atoms. The standard InChI is InChI=1S/C13H16O2/c1-9-12(2)7-8-13(12,14)10-5-3-4-6-11(10)15-9/h3-6,9,14H,7-8H2,1-2H3/t9-,12+,13+/m0/s1. The van der Waals surface area contributed by atoms with Crippen molar-refractivity contribution < 1.29 is 9.84 Å². The summed E-state index contributed by atoms with van der Waals surface area (Å²) in [5.74, 6) is 0.852. The molecule has 0 unspecified atom stereocenters. The molecule has 0 saturated heterocycles. The van der Waals surface area contributed by atoms with E-state index in [4.69, 9.17) is 4.74 Å². The average Bonchev–Trinajstić information content (AvgIpc) is 2.24. The molecule has 80 valence electrons. The van der Waals surface area contributed by atoms with Crippen molar-refractivity contribution in [3.63, 3.8) is 0 Å². The number of benzene rings is 1. The van der Waals surface area contributed by atoms with E-state index < -0.39 is 5.60 Å². The van der Waals surface area contributed by atoms with E-state index in [9.17, 15) is 5.11 Å². The van der Waals surface area contributed by atoms with Crippen molar-refractivity contribution in [3.8, 4) is 5.75 Å². The van der Waals surface area contributed by atoms with Crippen molar-refractivity contribution >= 4 is 0 Å². The normalized spacial score (nSPS) is 42.2. The lowest BCUT2D eigenvalue weighted by Gasteiger charge is -2.60. The summed E-state index contributed by atoms with van der Waals surface area (Å²) in [7, 11) is 0. The van der Waals surface area contributed by atoms with E-state index in [1.54, 1.807) is 0 Å². The molecule has 1 aromatic carbocycles. The summed E-state index contributed by atoms with van der Waals surface area (Å²) in [6, 6.07) is 7.85. The lowest BCUT2D eigenvalue weighted by molar-refractivity contribution is -0.218. The first-order chi connectivity index (χ1) is 7.08. The van der Waals surface area contributed by atoms with E-state index >= 15 is 0 Å². The van der Waals surface area contributed by atoms with Gasteiger partial charge in [-0.3, -0.25) is 0 Å². The monoisotopic (exact) mass is 204 g/mol. The van der Waals surface area contributed by atoms with Crippen LogP contribution in [0.1, 0.15) is 32.3 Å². The fourth-order valence-corrected chi connectivity index (χ4v) is 2.97. The highest BCUT2D eigenvalue weighted by Crippen LogP contribution is 2.62. The highest BCUT2D eigenvalue weighted by molar-refractivity contribution is 5.44. The maximum atomic E-state index is 10.7. The predicted octanol–water partition coefficient (Wildman–Crippen LogP) is 2.46. The Morgan fingerprint density at radius 1 is 1.33 bits per heavy atom. The summed E-state index contributed by atoms with van der Waals surface area (Å²) >= 11 is 0. The Balaban J connectivity index is 2.20. The van der Waals surface area contributed by atoms with Crippen molar-refractivity contribution in [1.82, 2.24) is 0 Å². The van der Waals surface area contributed by atoms with Crippen molar-refractivity contribution in [2.45, 2.75) is 38.4 Å². The molecule has 0 amide bonds. The number of rotatable bonds is 0. The molecule has 2 aliphatic rings. The zero-order chi connectivity index (χ0) is 10.7. The van der Waals surface area contributed by atoms with Gasteiger partial charge in [0.05, 0.1) is 0 Å². The third kappa shape index (κ3) is 0.888. The second-order valence-electron chi connectivity index (χ2n) is 5.03. The summed E-state index contributed by atoms with van der Waals surface area (Å²) in [5, 5.41) is 10.7. The molecule has 1 aliphatic heterocycles. The van der Waals surface area contributed by atoms with Gasteiger partial charge in [0.2, 0.25) is 0 Å². The van der Waals surface area contributed by atoms with E-state index in [2.05, 4.69) is 13.8 Å². The first-order valence-corrected chi connectivity index (χ1v) is 5.56. The Morgan fingerprint density at radius 2 is 2.07 bits per heavy atom.